The third kappa shape index (κ3) is 2.27. The molecule has 0 amide bonds. The van der Waals surface area contributed by atoms with Crippen LogP contribution in [0.4, 0.5) is 5.95 Å². The van der Waals surface area contributed by atoms with Crippen LogP contribution in [0.5, 0.6) is 0 Å². The fraction of sp³-hybridized carbons (Fsp3) is 0.250. The molecule has 16 heavy (non-hydrogen) atoms. The van der Waals surface area contributed by atoms with Crippen LogP contribution >= 0.6 is 15.9 Å². The highest BCUT2D eigenvalue weighted by Crippen LogP contribution is 2.19. The maximum Gasteiger partial charge on any atom is 0.197 e. The third-order valence-corrected chi connectivity index (χ3v) is 3.16. The second-order valence-corrected chi connectivity index (χ2v) is 4.86. The first-order chi connectivity index (χ1) is 7.56. The van der Waals surface area contributed by atoms with Crippen LogP contribution in [0.1, 0.15) is 22.5 Å². The van der Waals surface area contributed by atoms with Crippen molar-refractivity contribution in [1.29, 1.82) is 0 Å². The van der Waals surface area contributed by atoms with Gasteiger partial charge < -0.3 is 10.7 Å². The first-order valence-electron chi connectivity index (χ1n) is 5.12. The van der Waals surface area contributed by atoms with E-state index in [1.54, 1.807) is 0 Å². The van der Waals surface area contributed by atoms with Crippen LogP contribution in [-0.4, -0.2) is 9.97 Å². The largest absolute Gasteiger partial charge is 0.369 e. The quantitative estimate of drug-likeness (QED) is 0.888. The molecule has 3 nitrogen and oxygen atoms in total. The molecule has 0 unspecified atom stereocenters. The molecular formula is C12H14BrN3. The predicted octanol–water partition coefficient (Wildman–Crippen LogP) is 2.96. The molecule has 1 aromatic carbocycles. The lowest BCUT2D eigenvalue weighted by molar-refractivity contribution is 1.06. The Bertz CT molecular complexity index is 517. The SMILES string of the molecule is Cc1cc(Br)ccc1Cc1nc(N)[nH]c1C. The number of aromatic amines is 1. The minimum Gasteiger partial charge on any atom is -0.369 e. The average Bonchev–Trinajstić information content (AvgIpc) is 2.50. The fourth-order valence-corrected chi connectivity index (χ4v) is 2.21. The molecule has 0 saturated carbocycles. The van der Waals surface area contributed by atoms with Crippen molar-refractivity contribution < 1.29 is 0 Å². The standard InChI is InChI=1S/C12H14BrN3/c1-7-5-10(13)4-3-9(7)6-11-8(2)15-12(14)16-11/h3-5H,6H2,1-2H3,(H3,14,15,16). The van der Waals surface area contributed by atoms with E-state index in [1.165, 1.54) is 11.1 Å². The van der Waals surface area contributed by atoms with Crippen molar-refractivity contribution in [1.82, 2.24) is 9.97 Å². The van der Waals surface area contributed by atoms with Crippen LogP contribution in [0.2, 0.25) is 0 Å². The molecule has 3 N–H and O–H groups in total. The number of halogens is 1. The average molecular weight is 280 g/mol. The Kier molecular flexibility index (Phi) is 3.01. The Morgan fingerprint density at radius 3 is 2.69 bits per heavy atom. The maximum atomic E-state index is 5.62. The Balaban J connectivity index is 2.30. The molecule has 2 rings (SSSR count). The van der Waals surface area contributed by atoms with Crippen molar-refractivity contribution in [3.05, 3.63) is 45.2 Å². The maximum absolute atomic E-state index is 5.62. The smallest absolute Gasteiger partial charge is 0.197 e. The number of anilines is 1. The van der Waals surface area contributed by atoms with Crippen molar-refractivity contribution >= 4 is 21.9 Å². The summed E-state index contributed by atoms with van der Waals surface area (Å²) in [6, 6.07) is 6.28. The monoisotopic (exact) mass is 279 g/mol. The molecule has 0 saturated heterocycles. The molecule has 0 aliphatic heterocycles. The van der Waals surface area contributed by atoms with Crippen LogP contribution in [0, 0.1) is 13.8 Å². The number of benzene rings is 1. The molecular weight excluding hydrogens is 266 g/mol. The molecule has 0 spiro atoms. The Morgan fingerprint density at radius 2 is 2.12 bits per heavy atom. The van der Waals surface area contributed by atoms with Crippen molar-refractivity contribution in [2.24, 2.45) is 0 Å². The summed E-state index contributed by atoms with van der Waals surface area (Å²) in [4.78, 5) is 7.30. The number of hydrogen-bond acceptors (Lipinski definition) is 2. The molecule has 4 heteroatoms. The van der Waals surface area contributed by atoms with Gasteiger partial charge in [0.05, 0.1) is 5.69 Å². The summed E-state index contributed by atoms with van der Waals surface area (Å²) >= 11 is 3.46. The topological polar surface area (TPSA) is 54.7 Å². The Hall–Kier alpha value is -1.29. The molecule has 2 aromatic rings. The minimum atomic E-state index is 0.488. The van der Waals surface area contributed by atoms with Gasteiger partial charge in [-0.15, -0.1) is 0 Å². The number of nitrogens with zero attached hydrogens (tertiary/aromatic N) is 1. The number of aryl methyl sites for hydroxylation is 2. The summed E-state index contributed by atoms with van der Waals surface area (Å²) in [6.07, 6.45) is 0.818. The van der Waals surface area contributed by atoms with E-state index in [1.807, 2.05) is 13.0 Å². The minimum absolute atomic E-state index is 0.488. The van der Waals surface area contributed by atoms with Gasteiger partial charge in [0, 0.05) is 16.6 Å². The zero-order valence-electron chi connectivity index (χ0n) is 9.34. The number of imidazole rings is 1. The lowest BCUT2D eigenvalue weighted by Crippen LogP contribution is -1.94. The molecule has 1 aromatic heterocycles. The highest BCUT2D eigenvalue weighted by molar-refractivity contribution is 9.10. The number of nitrogens with one attached hydrogen (secondary N) is 1. The van der Waals surface area contributed by atoms with Crippen LogP contribution in [0.3, 0.4) is 0 Å². The van der Waals surface area contributed by atoms with E-state index in [9.17, 15) is 0 Å². The first-order valence-corrected chi connectivity index (χ1v) is 5.91. The van der Waals surface area contributed by atoms with Gasteiger partial charge in [-0.2, -0.15) is 0 Å². The highest BCUT2D eigenvalue weighted by Gasteiger charge is 2.07. The van der Waals surface area contributed by atoms with Crippen LogP contribution in [-0.2, 0) is 6.42 Å². The number of aromatic nitrogens is 2. The highest BCUT2D eigenvalue weighted by atomic mass is 79.9. The van der Waals surface area contributed by atoms with Gasteiger partial charge in [0.1, 0.15) is 0 Å². The summed E-state index contributed by atoms with van der Waals surface area (Å²) in [5.41, 5.74) is 10.2. The Morgan fingerprint density at radius 1 is 1.38 bits per heavy atom. The van der Waals surface area contributed by atoms with Crippen LogP contribution in [0.15, 0.2) is 22.7 Å². The summed E-state index contributed by atoms with van der Waals surface area (Å²) < 4.78 is 1.10. The molecule has 0 bridgehead atoms. The summed E-state index contributed by atoms with van der Waals surface area (Å²) in [6.45, 7) is 4.10. The molecule has 0 fully saturated rings. The van der Waals surface area contributed by atoms with E-state index < -0.39 is 0 Å². The molecule has 0 aliphatic carbocycles. The van der Waals surface area contributed by atoms with Crippen molar-refractivity contribution in [2.75, 3.05) is 5.73 Å². The number of nitrogen functional groups attached to an aromatic ring is 1. The zero-order valence-corrected chi connectivity index (χ0v) is 10.9. The molecule has 1 heterocycles. The molecule has 0 atom stereocenters. The fourth-order valence-electron chi connectivity index (χ4n) is 1.73. The molecule has 0 aliphatic rings. The van der Waals surface area contributed by atoms with Gasteiger partial charge in [0.2, 0.25) is 0 Å². The number of nitrogens with two attached hydrogens (primary N) is 1. The number of rotatable bonds is 2. The lowest BCUT2D eigenvalue weighted by atomic mass is 10.0. The first kappa shape index (κ1) is 11.2. The Labute approximate surface area is 103 Å². The van der Waals surface area contributed by atoms with Gasteiger partial charge >= 0.3 is 0 Å². The van der Waals surface area contributed by atoms with Crippen LogP contribution < -0.4 is 5.73 Å². The van der Waals surface area contributed by atoms with Crippen molar-refractivity contribution in [2.45, 2.75) is 20.3 Å². The predicted molar refractivity (Wildman–Crippen MR) is 69.4 cm³/mol. The van der Waals surface area contributed by atoms with E-state index in [4.69, 9.17) is 5.73 Å². The van der Waals surface area contributed by atoms with Gasteiger partial charge in [0.15, 0.2) is 5.95 Å². The van der Waals surface area contributed by atoms with E-state index in [2.05, 4.69) is 45.0 Å². The van der Waals surface area contributed by atoms with E-state index >= 15 is 0 Å². The number of hydrogen-bond donors (Lipinski definition) is 2. The summed E-state index contributed by atoms with van der Waals surface area (Å²) in [5, 5.41) is 0. The van der Waals surface area contributed by atoms with E-state index in [-0.39, 0.29) is 0 Å². The normalized spacial score (nSPS) is 10.7. The zero-order chi connectivity index (χ0) is 11.7. The second-order valence-electron chi connectivity index (χ2n) is 3.94. The third-order valence-electron chi connectivity index (χ3n) is 2.67. The summed E-state index contributed by atoms with van der Waals surface area (Å²) in [5.74, 6) is 0.488. The van der Waals surface area contributed by atoms with Gasteiger partial charge in [-0.05, 0) is 37.1 Å². The van der Waals surface area contributed by atoms with E-state index in [0.717, 1.165) is 22.3 Å². The summed E-state index contributed by atoms with van der Waals surface area (Å²) in [7, 11) is 0. The number of H-pyrrole nitrogens is 1. The van der Waals surface area contributed by atoms with Gasteiger partial charge in [-0.3, -0.25) is 0 Å². The van der Waals surface area contributed by atoms with Gasteiger partial charge in [-0.25, -0.2) is 4.98 Å². The molecule has 84 valence electrons. The van der Waals surface area contributed by atoms with Crippen molar-refractivity contribution in [3.63, 3.8) is 0 Å². The van der Waals surface area contributed by atoms with Crippen molar-refractivity contribution in [3.8, 4) is 0 Å². The second kappa shape index (κ2) is 4.29. The van der Waals surface area contributed by atoms with Crippen LogP contribution in [0.25, 0.3) is 0 Å². The molecule has 0 radical (unpaired) electrons. The lowest BCUT2D eigenvalue weighted by Gasteiger charge is -2.05. The van der Waals surface area contributed by atoms with Gasteiger partial charge in [0.25, 0.3) is 0 Å². The van der Waals surface area contributed by atoms with E-state index in [0.29, 0.717) is 5.95 Å². The van der Waals surface area contributed by atoms with Gasteiger partial charge in [-0.1, -0.05) is 22.0 Å².